The number of rotatable bonds is 14. The number of hydrogen-bond donors (Lipinski definition) is 4. The molecule has 0 radical (unpaired) electrons. The maximum Gasteiger partial charge on any atom is 0.434 e. The van der Waals surface area contributed by atoms with E-state index >= 15 is 0 Å². The number of alkyl halides is 6. The molecule has 0 aromatic rings. The Bertz CT molecular complexity index is 1700. The van der Waals surface area contributed by atoms with Crippen LogP contribution in [0.25, 0.3) is 0 Å². The third kappa shape index (κ3) is 10.9. The maximum atomic E-state index is 14.6. The van der Waals surface area contributed by atoms with Gasteiger partial charge in [-0.25, -0.2) is 4.79 Å². The average Bonchev–Trinajstić information content (AvgIpc) is 3.56. The number of halogens is 6. The highest BCUT2D eigenvalue weighted by molar-refractivity contribution is 5.84. The summed E-state index contributed by atoms with van der Waals surface area (Å²) < 4.78 is 118. The fraction of sp³-hybridized carbons (Fsp3) is 0.891. The molecular formula is C46H71F6NO12. The summed E-state index contributed by atoms with van der Waals surface area (Å²) >= 11 is 0. The number of nitrogens with one attached hydrogen (secondary N) is 1. The van der Waals surface area contributed by atoms with E-state index in [1.165, 1.54) is 12.2 Å². The number of carbonyl (C=O) groups excluding carboxylic acids is 2. The van der Waals surface area contributed by atoms with Crippen LogP contribution in [0.2, 0.25) is 0 Å². The molecule has 13 nitrogen and oxygen atoms in total. The molecule has 4 fully saturated rings. The zero-order valence-electron chi connectivity index (χ0n) is 39.2. The molecule has 0 aromatic heterocycles. The van der Waals surface area contributed by atoms with Gasteiger partial charge in [-0.2, -0.15) is 26.3 Å². The Kier molecular flexibility index (Phi) is 16.3. The number of carboxylic acids is 1. The zero-order chi connectivity index (χ0) is 48.8. The molecule has 0 aliphatic carbocycles. The van der Waals surface area contributed by atoms with E-state index in [4.69, 9.17) is 23.7 Å². The average molecular weight is 944 g/mol. The lowest BCUT2D eigenvalue weighted by molar-refractivity contribution is -0.398. The van der Waals surface area contributed by atoms with Crippen molar-refractivity contribution in [3.8, 4) is 0 Å². The first kappa shape index (κ1) is 53.4. The van der Waals surface area contributed by atoms with Crippen molar-refractivity contribution in [1.82, 2.24) is 5.32 Å². The quantitative estimate of drug-likeness (QED) is 0.0967. The van der Waals surface area contributed by atoms with E-state index in [1.54, 1.807) is 34.6 Å². The van der Waals surface area contributed by atoms with Crippen molar-refractivity contribution < 1.29 is 84.5 Å². The van der Waals surface area contributed by atoms with Gasteiger partial charge in [0.15, 0.2) is 11.6 Å². The molecule has 5 aliphatic rings. The molecule has 1 amide bonds. The van der Waals surface area contributed by atoms with Crippen molar-refractivity contribution in [1.29, 1.82) is 0 Å². The highest BCUT2D eigenvalue weighted by Gasteiger charge is 2.65. The van der Waals surface area contributed by atoms with E-state index in [-0.39, 0.29) is 30.5 Å². The predicted octanol–water partition coefficient (Wildman–Crippen LogP) is 8.42. The number of Topliss-reactive ketones (excluding diaryl/α,β-unsaturated/α-hetero) is 1. The standard InChI is InChI=1S/C46H71F6NO12/c1-11-29(38(56)57)31-15-14-23(4)36(61-31)27(8)34(54)26(7)35(55)30(12-2)37-24(5)22-25(6)43(63-37)19-16-32(53-40(58)62-39(45(47,48)49)46(50,51)52)44(65-43)21-20-41(10,64-44)33-17-18-42(59,13-3)28(9)60-33/h16,19,23-34,36-37,39,54,59H,11-15,17-18,20-22H2,1-10H3,(H,53,58)(H,56,57)/t23-,24-,25+,26-,27-,28-,29+,30?,31+,32+,33+,34+,36+,37-,41-,42+,43-,44-/m0/s1. The first-order valence-corrected chi connectivity index (χ1v) is 23.4. The largest absolute Gasteiger partial charge is 0.481 e. The summed E-state index contributed by atoms with van der Waals surface area (Å²) in [5.41, 5.74) is -2.31. The number of alkyl carbamates (subject to hydrolysis) is 1. The minimum atomic E-state index is -5.96. The van der Waals surface area contributed by atoms with Crippen LogP contribution in [-0.2, 0) is 38.0 Å². The van der Waals surface area contributed by atoms with Crippen LogP contribution >= 0.6 is 0 Å². The van der Waals surface area contributed by atoms with Gasteiger partial charge >= 0.3 is 24.4 Å². The molecule has 4 saturated heterocycles. The monoisotopic (exact) mass is 943 g/mol. The van der Waals surface area contributed by atoms with Gasteiger partial charge in [0.1, 0.15) is 11.8 Å². The number of aliphatic hydroxyl groups is 2. The van der Waals surface area contributed by atoms with E-state index in [9.17, 15) is 56.0 Å². The normalized spacial score (nSPS) is 40.3. The van der Waals surface area contributed by atoms with Crippen LogP contribution in [0.5, 0.6) is 0 Å². The van der Waals surface area contributed by atoms with Gasteiger partial charge in [0.25, 0.3) is 6.10 Å². The third-order valence-electron chi connectivity index (χ3n) is 15.6. The smallest absolute Gasteiger partial charge is 0.434 e. The summed E-state index contributed by atoms with van der Waals surface area (Å²) in [7, 11) is 0. The van der Waals surface area contributed by atoms with Crippen molar-refractivity contribution in [2.75, 3.05) is 0 Å². The summed E-state index contributed by atoms with van der Waals surface area (Å²) in [5.74, 6) is -8.57. The van der Waals surface area contributed by atoms with Gasteiger partial charge in [-0.3, -0.25) is 9.59 Å². The van der Waals surface area contributed by atoms with Gasteiger partial charge in [-0.05, 0) is 89.5 Å². The number of amides is 1. The van der Waals surface area contributed by atoms with Crippen LogP contribution in [0.15, 0.2) is 12.2 Å². The number of aliphatic carboxylic acids is 1. The first-order chi connectivity index (χ1) is 30.0. The molecule has 374 valence electrons. The molecule has 19 heteroatoms. The molecule has 65 heavy (non-hydrogen) atoms. The number of carbonyl (C=O) groups is 3. The van der Waals surface area contributed by atoms with Gasteiger partial charge in [0.05, 0.1) is 53.7 Å². The number of aliphatic hydroxyl groups excluding tert-OH is 1. The Balaban J connectivity index is 1.43. The zero-order valence-corrected chi connectivity index (χ0v) is 39.2. The second-order valence-electron chi connectivity index (χ2n) is 20.0. The Morgan fingerprint density at radius 1 is 0.862 bits per heavy atom. The summed E-state index contributed by atoms with van der Waals surface area (Å²) in [5, 5.41) is 34.9. The lowest BCUT2D eigenvalue weighted by atomic mass is 9.72. The van der Waals surface area contributed by atoms with Gasteiger partial charge in [0, 0.05) is 30.1 Å². The highest BCUT2D eigenvalue weighted by atomic mass is 19.4. The Labute approximate surface area is 378 Å². The van der Waals surface area contributed by atoms with Gasteiger partial charge in [-0.15, -0.1) is 0 Å². The maximum absolute atomic E-state index is 14.6. The van der Waals surface area contributed by atoms with E-state index < -0.39 is 126 Å². The Morgan fingerprint density at radius 3 is 2.05 bits per heavy atom. The fourth-order valence-electron chi connectivity index (χ4n) is 11.3. The summed E-state index contributed by atoms with van der Waals surface area (Å²) in [6, 6.07) is -1.50. The molecule has 0 saturated carbocycles. The molecule has 5 heterocycles. The molecule has 4 N–H and O–H groups in total. The first-order valence-electron chi connectivity index (χ1n) is 23.4. The minimum Gasteiger partial charge on any atom is -0.481 e. The van der Waals surface area contributed by atoms with Crippen molar-refractivity contribution >= 4 is 17.8 Å². The second-order valence-corrected chi connectivity index (χ2v) is 20.0. The molecule has 2 spiro atoms. The summed E-state index contributed by atoms with van der Waals surface area (Å²) in [4.78, 5) is 39.6. The minimum absolute atomic E-state index is 0.0136. The highest BCUT2D eigenvalue weighted by Crippen LogP contribution is 2.54. The van der Waals surface area contributed by atoms with Crippen molar-refractivity contribution in [3.63, 3.8) is 0 Å². The summed E-state index contributed by atoms with van der Waals surface area (Å²) in [6.07, 6.45) is -16.3. The topological polar surface area (TPSA) is 179 Å². The molecular weight excluding hydrogens is 872 g/mol. The fourth-order valence-corrected chi connectivity index (χ4v) is 11.3. The lowest BCUT2D eigenvalue weighted by Gasteiger charge is -2.55. The third-order valence-corrected chi connectivity index (χ3v) is 15.6. The lowest BCUT2D eigenvalue weighted by Crippen LogP contribution is -2.66. The molecule has 18 atom stereocenters. The molecule has 5 rings (SSSR count). The SMILES string of the molecule is CCC(C(=O)[C@@H](C)[C@@H](O)[C@H](C)[C@@H]1O[C@@H]([C@@H](CC)C(=O)O)CC[C@@H]1C)[C@H]1O[C@]2(C=C[C@@H](NC(=O)OC(C(F)(F)F)C(F)(F)F)[C@]3(CC[C@@](C)([C@H]4CC[C@](O)(CC)[C@H](C)O4)O3)O2)[C@H](C)C[C@@H]1C. The Hall–Kier alpha value is -2.55. The van der Waals surface area contributed by atoms with Crippen LogP contribution in [-0.4, -0.2) is 117 Å². The van der Waals surface area contributed by atoms with E-state index in [0.29, 0.717) is 51.4 Å². The van der Waals surface area contributed by atoms with E-state index in [0.717, 1.165) is 0 Å². The van der Waals surface area contributed by atoms with Crippen molar-refractivity contribution in [2.45, 2.75) is 217 Å². The van der Waals surface area contributed by atoms with Crippen LogP contribution < -0.4 is 5.32 Å². The van der Waals surface area contributed by atoms with Gasteiger partial charge in [0.2, 0.25) is 0 Å². The molecule has 0 aromatic carbocycles. The number of ketones is 1. The van der Waals surface area contributed by atoms with Crippen molar-refractivity contribution in [2.24, 2.45) is 41.4 Å². The number of carboxylic acid groups (broad SMARTS) is 1. The number of hydrogen-bond acceptors (Lipinski definition) is 11. The van der Waals surface area contributed by atoms with Crippen LogP contribution in [0.1, 0.15) is 133 Å². The van der Waals surface area contributed by atoms with Crippen LogP contribution in [0.4, 0.5) is 31.1 Å². The van der Waals surface area contributed by atoms with Crippen LogP contribution in [0.3, 0.4) is 0 Å². The van der Waals surface area contributed by atoms with Crippen molar-refractivity contribution in [3.05, 3.63) is 12.2 Å². The molecule has 1 unspecified atom stereocenters. The predicted molar refractivity (Wildman–Crippen MR) is 222 cm³/mol. The molecule has 5 aliphatic heterocycles. The number of ether oxygens (including phenoxy) is 6. The van der Waals surface area contributed by atoms with E-state index in [2.05, 4.69) is 10.1 Å². The van der Waals surface area contributed by atoms with Crippen LogP contribution in [0, 0.1) is 41.4 Å². The Morgan fingerprint density at radius 2 is 1.49 bits per heavy atom. The molecule has 0 bridgehead atoms. The van der Waals surface area contributed by atoms with Gasteiger partial charge < -0.3 is 49.1 Å². The van der Waals surface area contributed by atoms with E-state index in [1.807, 2.05) is 34.6 Å². The second kappa shape index (κ2) is 19.8. The summed E-state index contributed by atoms with van der Waals surface area (Å²) in [6.45, 7) is 18.0. The van der Waals surface area contributed by atoms with Gasteiger partial charge in [-0.1, -0.05) is 61.5 Å².